The van der Waals surface area contributed by atoms with Gasteiger partial charge in [0.2, 0.25) is 0 Å². The quantitative estimate of drug-likeness (QED) is 0.559. The number of carboxylic acid groups (broad SMARTS) is 1. The van der Waals surface area contributed by atoms with Gasteiger partial charge in [-0.1, -0.05) is 51.1 Å². The maximum absolute atomic E-state index is 10.8. The smallest absolute Gasteiger partial charge is 0.303 e. The molecule has 0 bridgehead atoms. The van der Waals surface area contributed by atoms with Crippen LogP contribution in [0.5, 0.6) is 5.75 Å². The first-order chi connectivity index (χ1) is 15.3. The Morgan fingerprint density at radius 3 is 2.31 bits per heavy atom. The van der Waals surface area contributed by atoms with Gasteiger partial charge in [-0.15, -0.1) is 0 Å². The highest BCUT2D eigenvalue weighted by atomic mass is 16.5. The molecule has 1 N–H and O–H groups in total. The maximum Gasteiger partial charge on any atom is 0.303 e. The van der Waals surface area contributed by atoms with Gasteiger partial charge in [-0.2, -0.15) is 0 Å². The number of nitrogens with zero attached hydrogens (tertiary/aromatic N) is 1. The van der Waals surface area contributed by atoms with Gasteiger partial charge in [-0.3, -0.25) is 9.69 Å². The predicted molar refractivity (Wildman–Crippen MR) is 129 cm³/mol. The molecule has 0 aromatic heterocycles. The normalized spacial score (nSPS) is 22.3. The number of carbonyl (C=O) groups is 1. The molecule has 4 rings (SSSR count). The highest BCUT2D eigenvalue weighted by Crippen LogP contribution is 2.39. The van der Waals surface area contributed by atoms with E-state index in [1.807, 2.05) is 0 Å². The van der Waals surface area contributed by atoms with Crippen LogP contribution in [-0.4, -0.2) is 35.2 Å². The van der Waals surface area contributed by atoms with Crippen molar-refractivity contribution in [2.24, 2.45) is 17.3 Å². The summed E-state index contributed by atoms with van der Waals surface area (Å²) in [4.78, 5) is 13.1. The van der Waals surface area contributed by atoms with Crippen LogP contribution in [0.1, 0.15) is 58.4 Å². The minimum Gasteiger partial charge on any atom is -0.490 e. The van der Waals surface area contributed by atoms with Crippen molar-refractivity contribution in [2.75, 3.05) is 13.1 Å². The van der Waals surface area contributed by atoms with Gasteiger partial charge in [0.1, 0.15) is 5.75 Å². The third-order valence-corrected chi connectivity index (χ3v) is 7.22. The molecule has 1 aliphatic carbocycles. The molecule has 0 atom stereocenters. The van der Waals surface area contributed by atoms with Crippen LogP contribution in [0.3, 0.4) is 0 Å². The highest BCUT2D eigenvalue weighted by Gasteiger charge is 2.30. The fourth-order valence-corrected chi connectivity index (χ4v) is 5.25. The molecule has 1 saturated heterocycles. The second-order valence-corrected chi connectivity index (χ2v) is 10.8. The molecule has 4 nitrogen and oxygen atoms in total. The number of aliphatic carboxylic acids is 1. The van der Waals surface area contributed by atoms with E-state index in [2.05, 4.69) is 74.2 Å². The standard InChI is InChI=1S/C28H37NO3/c1-28(2,3)24-9-13-26(14-10-24)32-25-11-7-22(8-12-25)23-6-4-5-20(15-23)17-29-18-21(19-29)16-27(30)31/h4-8,11-12,15,21,24,26H,9-10,13-14,16-19H2,1-3H3,(H,30,31)/t24-,26-. The van der Waals surface area contributed by atoms with Crippen molar-refractivity contribution in [3.8, 4) is 16.9 Å². The molecule has 0 radical (unpaired) electrons. The van der Waals surface area contributed by atoms with Gasteiger partial charge in [0.25, 0.3) is 0 Å². The summed E-state index contributed by atoms with van der Waals surface area (Å²) in [6, 6.07) is 17.2. The van der Waals surface area contributed by atoms with Gasteiger partial charge in [-0.25, -0.2) is 0 Å². The summed E-state index contributed by atoms with van der Waals surface area (Å²) < 4.78 is 6.29. The lowest BCUT2D eigenvalue weighted by atomic mass is 9.72. The number of hydrogen-bond acceptors (Lipinski definition) is 3. The van der Waals surface area contributed by atoms with Crippen LogP contribution in [0.4, 0.5) is 0 Å². The van der Waals surface area contributed by atoms with Crippen molar-refractivity contribution in [2.45, 2.75) is 65.5 Å². The molecule has 0 spiro atoms. The zero-order valence-corrected chi connectivity index (χ0v) is 19.7. The Labute approximate surface area is 192 Å². The number of ether oxygens (including phenoxy) is 1. The number of likely N-dealkylation sites (tertiary alicyclic amines) is 1. The SMILES string of the molecule is CC(C)(C)[C@H]1CC[C@H](Oc2ccc(-c3cccc(CN4CC(CC(=O)O)C4)c3)cc2)CC1. The van der Waals surface area contributed by atoms with Crippen LogP contribution in [-0.2, 0) is 11.3 Å². The van der Waals surface area contributed by atoms with Gasteiger partial charge >= 0.3 is 5.97 Å². The van der Waals surface area contributed by atoms with E-state index in [1.165, 1.54) is 29.5 Å². The molecule has 1 heterocycles. The van der Waals surface area contributed by atoms with E-state index in [9.17, 15) is 4.79 Å². The molecule has 4 heteroatoms. The molecule has 1 aliphatic heterocycles. The molecule has 1 saturated carbocycles. The third kappa shape index (κ3) is 5.92. The average molecular weight is 436 g/mol. The first kappa shape index (κ1) is 22.8. The third-order valence-electron chi connectivity index (χ3n) is 7.22. The topological polar surface area (TPSA) is 49.8 Å². The summed E-state index contributed by atoms with van der Waals surface area (Å²) in [5.74, 6) is 1.37. The summed E-state index contributed by atoms with van der Waals surface area (Å²) in [6.45, 7) is 9.69. The van der Waals surface area contributed by atoms with Gasteiger partial charge < -0.3 is 9.84 Å². The van der Waals surface area contributed by atoms with E-state index in [1.54, 1.807) is 0 Å². The fraction of sp³-hybridized carbons (Fsp3) is 0.536. The summed E-state index contributed by atoms with van der Waals surface area (Å²) >= 11 is 0. The molecule has 172 valence electrons. The Morgan fingerprint density at radius 2 is 1.69 bits per heavy atom. The first-order valence-electron chi connectivity index (χ1n) is 12.1. The average Bonchev–Trinajstić information content (AvgIpc) is 2.72. The van der Waals surface area contributed by atoms with Crippen molar-refractivity contribution in [1.29, 1.82) is 0 Å². The summed E-state index contributed by atoms with van der Waals surface area (Å²) in [5, 5.41) is 8.91. The second kappa shape index (κ2) is 9.66. The maximum atomic E-state index is 10.8. The molecular weight excluding hydrogens is 398 g/mol. The Morgan fingerprint density at radius 1 is 1.00 bits per heavy atom. The van der Waals surface area contributed by atoms with Crippen molar-refractivity contribution in [3.63, 3.8) is 0 Å². The Hall–Kier alpha value is -2.33. The lowest BCUT2D eigenvalue weighted by molar-refractivity contribution is -0.139. The van der Waals surface area contributed by atoms with Gasteiger partial charge in [0.15, 0.2) is 0 Å². The number of hydrogen-bond donors (Lipinski definition) is 1. The highest BCUT2D eigenvalue weighted by molar-refractivity contribution is 5.67. The van der Waals surface area contributed by atoms with Gasteiger partial charge in [0.05, 0.1) is 12.5 Å². The summed E-state index contributed by atoms with van der Waals surface area (Å²) in [5.41, 5.74) is 4.08. The van der Waals surface area contributed by atoms with E-state index in [-0.39, 0.29) is 6.42 Å². The zero-order valence-electron chi connectivity index (χ0n) is 19.7. The minimum absolute atomic E-state index is 0.281. The molecule has 0 unspecified atom stereocenters. The van der Waals surface area contributed by atoms with Crippen molar-refractivity contribution in [1.82, 2.24) is 4.90 Å². The number of carboxylic acids is 1. The molecule has 2 fully saturated rings. The van der Waals surface area contributed by atoms with Crippen LogP contribution < -0.4 is 4.74 Å². The van der Waals surface area contributed by atoms with Crippen molar-refractivity contribution >= 4 is 5.97 Å². The van der Waals surface area contributed by atoms with Gasteiger partial charge in [0, 0.05) is 19.6 Å². The van der Waals surface area contributed by atoms with Crippen LogP contribution in [0.15, 0.2) is 48.5 Å². The van der Waals surface area contributed by atoms with E-state index in [4.69, 9.17) is 9.84 Å². The monoisotopic (exact) mass is 435 g/mol. The largest absolute Gasteiger partial charge is 0.490 e. The molecule has 2 aliphatic rings. The van der Waals surface area contributed by atoms with E-state index in [0.29, 0.717) is 17.4 Å². The lowest BCUT2D eigenvalue weighted by Crippen LogP contribution is -2.46. The Balaban J connectivity index is 1.30. The van der Waals surface area contributed by atoms with Crippen molar-refractivity contribution in [3.05, 3.63) is 54.1 Å². The van der Waals surface area contributed by atoms with Crippen LogP contribution >= 0.6 is 0 Å². The Kier molecular flexibility index (Phi) is 6.90. The molecule has 2 aromatic carbocycles. The molecule has 0 amide bonds. The predicted octanol–water partition coefficient (Wildman–Crippen LogP) is 6.24. The molecular formula is C28H37NO3. The lowest BCUT2D eigenvalue weighted by Gasteiger charge is -2.38. The van der Waals surface area contributed by atoms with Crippen LogP contribution in [0.25, 0.3) is 11.1 Å². The fourth-order valence-electron chi connectivity index (χ4n) is 5.25. The molecule has 2 aromatic rings. The number of rotatable bonds is 7. The minimum atomic E-state index is -0.693. The summed E-state index contributed by atoms with van der Waals surface area (Å²) in [6.07, 6.45) is 5.43. The summed E-state index contributed by atoms with van der Waals surface area (Å²) in [7, 11) is 0. The number of benzene rings is 2. The van der Waals surface area contributed by atoms with Crippen LogP contribution in [0.2, 0.25) is 0 Å². The van der Waals surface area contributed by atoms with Crippen molar-refractivity contribution < 1.29 is 14.6 Å². The first-order valence-corrected chi connectivity index (χ1v) is 12.1. The van der Waals surface area contributed by atoms with E-state index in [0.717, 1.165) is 44.1 Å². The molecule has 32 heavy (non-hydrogen) atoms. The van der Waals surface area contributed by atoms with E-state index < -0.39 is 5.97 Å². The zero-order chi connectivity index (χ0) is 22.7. The van der Waals surface area contributed by atoms with E-state index >= 15 is 0 Å². The second-order valence-electron chi connectivity index (χ2n) is 10.8. The Bertz CT molecular complexity index is 901. The van der Waals surface area contributed by atoms with Crippen LogP contribution in [0, 0.1) is 17.3 Å². The van der Waals surface area contributed by atoms with Gasteiger partial charge in [-0.05, 0) is 77.8 Å².